The number of imidazole rings is 1. The van der Waals surface area contributed by atoms with Crippen molar-refractivity contribution in [2.24, 2.45) is 4.99 Å². The molecule has 0 bridgehead atoms. The molecule has 0 spiro atoms. The van der Waals surface area contributed by atoms with E-state index in [1.807, 2.05) is 0 Å². The number of benzene rings is 1. The quantitative estimate of drug-likeness (QED) is 0.400. The van der Waals surface area contributed by atoms with Crippen LogP contribution in [-0.4, -0.2) is 35.7 Å². The van der Waals surface area contributed by atoms with Crippen LogP contribution in [0.1, 0.15) is 18.5 Å². The molecule has 1 fully saturated rings. The molecule has 0 radical (unpaired) electrons. The molecule has 1 aromatic carbocycles. The molecule has 4 aromatic rings. The molecule has 0 atom stereocenters. The average molecular weight is 411 g/mol. The average Bonchev–Trinajstić information content (AvgIpc) is 3.34. The van der Waals surface area contributed by atoms with Gasteiger partial charge in [0.25, 0.3) is 0 Å². The number of aromatic amines is 2. The van der Waals surface area contributed by atoms with Crippen molar-refractivity contribution in [1.29, 1.82) is 0 Å². The van der Waals surface area contributed by atoms with Crippen molar-refractivity contribution in [3.63, 3.8) is 0 Å². The van der Waals surface area contributed by atoms with Gasteiger partial charge in [-0.25, -0.2) is 18.6 Å². The first-order chi connectivity index (χ1) is 14.5. The molecular weight excluding hydrogens is 396 g/mol. The van der Waals surface area contributed by atoms with Crippen molar-refractivity contribution in [1.82, 2.24) is 24.6 Å². The predicted octanol–water partition coefficient (Wildman–Crippen LogP) is 1.08. The molecule has 30 heavy (non-hydrogen) atoms. The summed E-state index contributed by atoms with van der Waals surface area (Å²) in [5.41, 5.74) is 0.385. The van der Waals surface area contributed by atoms with Crippen molar-refractivity contribution in [3.8, 4) is 5.88 Å². The lowest BCUT2D eigenvalue weighted by Gasteiger charge is -2.08. The maximum Gasteiger partial charge on any atom is 0.326 e. The van der Waals surface area contributed by atoms with Crippen LogP contribution in [0.2, 0.25) is 0 Å². The molecule has 1 aliphatic rings. The molecule has 9 nitrogen and oxygen atoms in total. The Morgan fingerprint density at radius 2 is 2.13 bits per heavy atom. The smallest absolute Gasteiger partial charge is 0.326 e. The van der Waals surface area contributed by atoms with Gasteiger partial charge in [-0.05, 0) is 31.1 Å². The highest BCUT2D eigenvalue weighted by Crippen LogP contribution is 2.23. The Kier molecular flexibility index (Phi) is 4.09. The van der Waals surface area contributed by atoms with Crippen LogP contribution in [-0.2, 0) is 0 Å². The molecular formula is C19H15F2N7O2. The summed E-state index contributed by atoms with van der Waals surface area (Å²) in [5, 5.41) is 17.4. The van der Waals surface area contributed by atoms with Crippen molar-refractivity contribution < 1.29 is 13.9 Å². The van der Waals surface area contributed by atoms with Gasteiger partial charge in [-0.15, -0.1) is 0 Å². The van der Waals surface area contributed by atoms with Crippen LogP contribution in [0.4, 0.5) is 20.3 Å². The summed E-state index contributed by atoms with van der Waals surface area (Å²) < 4.78 is 29.2. The Labute approximate surface area is 166 Å². The zero-order valence-electron chi connectivity index (χ0n) is 15.4. The minimum absolute atomic E-state index is 0.0677. The number of anilines is 2. The van der Waals surface area contributed by atoms with E-state index < -0.39 is 17.3 Å². The van der Waals surface area contributed by atoms with E-state index in [1.165, 1.54) is 28.9 Å². The van der Waals surface area contributed by atoms with E-state index in [4.69, 9.17) is 0 Å². The molecule has 3 aromatic heterocycles. The Morgan fingerprint density at radius 1 is 1.30 bits per heavy atom. The number of nitrogens with one attached hydrogen (secondary N) is 3. The number of aromatic hydroxyl groups is 1. The summed E-state index contributed by atoms with van der Waals surface area (Å²) in [6.07, 6.45) is 4.93. The van der Waals surface area contributed by atoms with Gasteiger partial charge in [0.2, 0.25) is 5.88 Å². The van der Waals surface area contributed by atoms with Crippen molar-refractivity contribution in [2.45, 2.75) is 18.9 Å². The molecule has 5 rings (SSSR count). The number of halogens is 2. The van der Waals surface area contributed by atoms with Crippen molar-refractivity contribution >= 4 is 23.2 Å². The molecule has 11 heteroatoms. The summed E-state index contributed by atoms with van der Waals surface area (Å²) in [7, 11) is 0. The first kappa shape index (κ1) is 18.0. The van der Waals surface area contributed by atoms with E-state index in [-0.39, 0.29) is 29.1 Å². The Hall–Kier alpha value is -4.02. The largest absolute Gasteiger partial charge is 0.493 e. The number of nitrogens with zero attached hydrogens (tertiary/aromatic N) is 4. The molecule has 4 N–H and O–H groups in total. The topological polar surface area (TPSA) is 123 Å². The molecule has 3 heterocycles. The highest BCUT2D eigenvalue weighted by Gasteiger charge is 2.20. The summed E-state index contributed by atoms with van der Waals surface area (Å²) in [6.45, 7) is 0. The lowest BCUT2D eigenvalue weighted by atomic mass is 10.3. The SMILES string of the molecule is O=c1[nH]c(O)c(C=c2cnn3c(=NC4CC4)cc(Nc4cccc(F)c4F)nc23)[nH]1. The van der Waals surface area contributed by atoms with Gasteiger partial charge in [0.05, 0.1) is 17.9 Å². The fraction of sp³-hybridized carbons (Fsp3) is 0.158. The van der Waals surface area contributed by atoms with Gasteiger partial charge in [0.1, 0.15) is 11.5 Å². The van der Waals surface area contributed by atoms with Crippen LogP contribution in [0.25, 0.3) is 11.7 Å². The minimum atomic E-state index is -1.02. The van der Waals surface area contributed by atoms with Gasteiger partial charge in [0.15, 0.2) is 22.8 Å². The maximum absolute atomic E-state index is 14.1. The Balaban J connectivity index is 1.69. The molecule has 1 aliphatic carbocycles. The van der Waals surface area contributed by atoms with Crippen molar-refractivity contribution in [2.75, 3.05) is 5.32 Å². The molecule has 152 valence electrons. The molecule has 0 unspecified atom stereocenters. The van der Waals surface area contributed by atoms with E-state index in [9.17, 15) is 18.7 Å². The van der Waals surface area contributed by atoms with Crippen LogP contribution in [0.3, 0.4) is 0 Å². The number of hydrogen-bond acceptors (Lipinski definition) is 6. The molecule has 0 aliphatic heterocycles. The standard InChI is InChI=1S/C19H15F2N7O2/c20-11-2-1-3-12(16(11)21)24-14-7-15(23-10-4-5-10)28-17(26-14)9(8-22-28)6-13-18(29)27-19(30)25-13/h1-3,6-8,10,24,29H,4-5H2,(H2,25,27,30). The number of aromatic nitrogens is 5. The highest BCUT2D eigenvalue weighted by atomic mass is 19.2. The first-order valence-electron chi connectivity index (χ1n) is 9.14. The third kappa shape index (κ3) is 3.30. The summed E-state index contributed by atoms with van der Waals surface area (Å²) in [6, 6.07) is 5.59. The third-order valence-corrected chi connectivity index (χ3v) is 4.59. The van der Waals surface area contributed by atoms with Gasteiger partial charge >= 0.3 is 5.69 Å². The van der Waals surface area contributed by atoms with E-state index in [2.05, 4.69) is 30.4 Å². The van der Waals surface area contributed by atoms with Gasteiger partial charge in [-0.2, -0.15) is 9.61 Å². The first-order valence-corrected chi connectivity index (χ1v) is 9.14. The number of H-pyrrole nitrogens is 2. The lowest BCUT2D eigenvalue weighted by Crippen LogP contribution is -2.20. The van der Waals surface area contributed by atoms with Crippen LogP contribution >= 0.6 is 0 Å². The lowest BCUT2D eigenvalue weighted by molar-refractivity contribution is 0.454. The van der Waals surface area contributed by atoms with Gasteiger partial charge in [-0.3, -0.25) is 9.98 Å². The van der Waals surface area contributed by atoms with Gasteiger partial charge in [-0.1, -0.05) is 6.07 Å². The second-order valence-electron chi connectivity index (χ2n) is 6.91. The van der Waals surface area contributed by atoms with E-state index in [1.54, 1.807) is 6.07 Å². The molecule has 1 saturated carbocycles. The highest BCUT2D eigenvalue weighted by molar-refractivity contribution is 5.61. The number of hydrogen-bond donors (Lipinski definition) is 4. The maximum atomic E-state index is 14.1. The number of rotatable bonds is 4. The van der Waals surface area contributed by atoms with Crippen LogP contribution in [0.5, 0.6) is 5.88 Å². The monoisotopic (exact) mass is 411 g/mol. The summed E-state index contributed by atoms with van der Waals surface area (Å²) >= 11 is 0. The zero-order valence-corrected chi connectivity index (χ0v) is 15.4. The van der Waals surface area contributed by atoms with Crippen LogP contribution in [0.15, 0.2) is 40.2 Å². The molecule has 0 amide bonds. The number of fused-ring (bicyclic) bond motifs is 1. The predicted molar refractivity (Wildman–Crippen MR) is 103 cm³/mol. The summed E-state index contributed by atoms with van der Waals surface area (Å²) in [5.74, 6) is -2.07. The third-order valence-electron chi connectivity index (χ3n) is 4.59. The van der Waals surface area contributed by atoms with Gasteiger partial charge in [0, 0.05) is 11.3 Å². The normalized spacial score (nSPS) is 15.3. The fourth-order valence-electron chi connectivity index (χ4n) is 3.00. The Morgan fingerprint density at radius 3 is 2.87 bits per heavy atom. The van der Waals surface area contributed by atoms with E-state index in [0.717, 1.165) is 18.9 Å². The second-order valence-corrected chi connectivity index (χ2v) is 6.91. The summed E-state index contributed by atoms with van der Waals surface area (Å²) in [4.78, 5) is 25.1. The zero-order chi connectivity index (χ0) is 20.8. The molecule has 0 saturated heterocycles. The van der Waals surface area contributed by atoms with E-state index in [0.29, 0.717) is 16.4 Å². The van der Waals surface area contributed by atoms with Crippen LogP contribution < -0.4 is 21.7 Å². The Bertz CT molecular complexity index is 1450. The fourth-order valence-corrected chi connectivity index (χ4v) is 3.00. The van der Waals surface area contributed by atoms with Crippen molar-refractivity contribution in [3.05, 3.63) is 69.0 Å². The van der Waals surface area contributed by atoms with Gasteiger partial charge < -0.3 is 15.4 Å². The minimum Gasteiger partial charge on any atom is -0.493 e. The second kappa shape index (κ2) is 6.79. The van der Waals surface area contributed by atoms with E-state index >= 15 is 0 Å². The van der Waals surface area contributed by atoms with Crippen LogP contribution in [0, 0.1) is 11.6 Å².